The summed E-state index contributed by atoms with van der Waals surface area (Å²) in [5, 5.41) is 2.88. The number of aryl methyl sites for hydroxylation is 1. The van der Waals surface area contributed by atoms with Crippen molar-refractivity contribution in [2.24, 2.45) is 0 Å². The molecule has 202 valence electrons. The lowest BCUT2D eigenvalue weighted by Gasteiger charge is -2.32. The summed E-state index contributed by atoms with van der Waals surface area (Å²) in [7, 11) is -1.26. The summed E-state index contributed by atoms with van der Waals surface area (Å²) in [6, 6.07) is 16.8. The lowest BCUT2D eigenvalue weighted by molar-refractivity contribution is -0.139. The first-order valence-corrected chi connectivity index (χ1v) is 13.9. The van der Waals surface area contributed by atoms with Crippen molar-refractivity contribution in [2.75, 3.05) is 25.0 Å². The van der Waals surface area contributed by atoms with Gasteiger partial charge < -0.3 is 15.0 Å². The zero-order valence-corrected chi connectivity index (χ0v) is 23.8. The van der Waals surface area contributed by atoms with Gasteiger partial charge in [0.1, 0.15) is 18.3 Å². The standard InChI is InChI=1S/C27H29Cl2N3O5S/c1-18-8-11-23(12-9-18)38(35,36)32(25-15-21(28)10-13-24(25)29)17-26(33)31(19(2)27(34)30-3)16-20-6-5-7-22(14-20)37-4/h5-15,19H,16-17H2,1-4H3,(H,30,34)/t19-/m0/s1. The van der Waals surface area contributed by atoms with Crippen molar-refractivity contribution in [2.45, 2.75) is 31.3 Å². The van der Waals surface area contributed by atoms with Gasteiger partial charge in [0.05, 0.1) is 22.7 Å². The van der Waals surface area contributed by atoms with E-state index in [2.05, 4.69) is 5.32 Å². The van der Waals surface area contributed by atoms with Crippen LogP contribution < -0.4 is 14.4 Å². The molecule has 38 heavy (non-hydrogen) atoms. The van der Waals surface area contributed by atoms with Gasteiger partial charge in [-0.1, -0.05) is 53.0 Å². The van der Waals surface area contributed by atoms with Crippen LogP contribution in [0.25, 0.3) is 0 Å². The summed E-state index contributed by atoms with van der Waals surface area (Å²) in [6.07, 6.45) is 0. The van der Waals surface area contributed by atoms with Gasteiger partial charge in [0, 0.05) is 18.6 Å². The van der Waals surface area contributed by atoms with Crippen molar-refractivity contribution < 1.29 is 22.7 Å². The number of methoxy groups -OCH3 is 1. The molecule has 3 rings (SSSR count). The van der Waals surface area contributed by atoms with Crippen molar-refractivity contribution in [1.29, 1.82) is 0 Å². The number of carbonyl (C=O) groups is 2. The SMILES string of the molecule is CNC(=O)[C@H](C)N(Cc1cccc(OC)c1)C(=O)CN(c1cc(Cl)ccc1Cl)S(=O)(=O)c1ccc(C)cc1. The second-order valence-corrected chi connectivity index (χ2v) is 11.3. The van der Waals surface area contributed by atoms with Crippen LogP contribution in [0.5, 0.6) is 5.75 Å². The van der Waals surface area contributed by atoms with Crippen molar-refractivity contribution >= 4 is 50.7 Å². The molecule has 3 aromatic carbocycles. The highest BCUT2D eigenvalue weighted by Crippen LogP contribution is 2.33. The third kappa shape index (κ3) is 6.78. The second-order valence-electron chi connectivity index (χ2n) is 8.58. The number of nitrogens with one attached hydrogen (secondary N) is 1. The first-order valence-electron chi connectivity index (χ1n) is 11.7. The van der Waals surface area contributed by atoms with Crippen LogP contribution in [-0.2, 0) is 26.2 Å². The molecule has 8 nitrogen and oxygen atoms in total. The number of ether oxygens (including phenoxy) is 1. The van der Waals surface area contributed by atoms with E-state index in [1.54, 1.807) is 43.3 Å². The zero-order chi connectivity index (χ0) is 28.0. The summed E-state index contributed by atoms with van der Waals surface area (Å²) >= 11 is 12.6. The Bertz CT molecular complexity index is 1410. The molecule has 0 bridgehead atoms. The van der Waals surface area contributed by atoms with E-state index >= 15 is 0 Å². The number of anilines is 1. The number of rotatable bonds is 10. The van der Waals surface area contributed by atoms with Crippen LogP contribution in [0, 0.1) is 6.92 Å². The Morgan fingerprint density at radius 3 is 2.34 bits per heavy atom. The van der Waals surface area contributed by atoms with Crippen molar-refractivity contribution in [3.63, 3.8) is 0 Å². The maximum atomic E-state index is 13.8. The number of benzene rings is 3. The summed E-state index contributed by atoms with van der Waals surface area (Å²) in [6.45, 7) is 2.82. The molecule has 0 saturated heterocycles. The number of hydrogen-bond donors (Lipinski definition) is 1. The lowest BCUT2D eigenvalue weighted by Crippen LogP contribution is -2.50. The molecule has 0 aliphatic rings. The molecule has 1 atom stereocenters. The minimum atomic E-state index is -4.25. The van der Waals surface area contributed by atoms with E-state index in [1.165, 1.54) is 49.4 Å². The molecular weight excluding hydrogens is 549 g/mol. The van der Waals surface area contributed by atoms with Gasteiger partial charge in [0.2, 0.25) is 11.8 Å². The molecule has 1 N–H and O–H groups in total. The topological polar surface area (TPSA) is 96.0 Å². The van der Waals surface area contributed by atoms with Crippen LogP contribution >= 0.6 is 23.2 Å². The zero-order valence-electron chi connectivity index (χ0n) is 21.4. The van der Waals surface area contributed by atoms with Gasteiger partial charge in [-0.15, -0.1) is 0 Å². The molecule has 0 saturated carbocycles. The predicted molar refractivity (Wildman–Crippen MR) is 149 cm³/mol. The minimum absolute atomic E-state index is 0.0226. The Balaban J connectivity index is 2.08. The third-order valence-electron chi connectivity index (χ3n) is 5.97. The molecule has 0 aliphatic carbocycles. The molecule has 3 aromatic rings. The van der Waals surface area contributed by atoms with E-state index in [9.17, 15) is 18.0 Å². The van der Waals surface area contributed by atoms with Gasteiger partial charge in [-0.25, -0.2) is 8.42 Å². The van der Waals surface area contributed by atoms with E-state index < -0.39 is 34.4 Å². The fourth-order valence-electron chi connectivity index (χ4n) is 3.79. The van der Waals surface area contributed by atoms with Crippen LogP contribution in [0.1, 0.15) is 18.1 Å². The summed E-state index contributed by atoms with van der Waals surface area (Å²) in [4.78, 5) is 27.7. The van der Waals surface area contributed by atoms with E-state index in [0.717, 1.165) is 9.87 Å². The first-order chi connectivity index (χ1) is 18.0. The monoisotopic (exact) mass is 577 g/mol. The summed E-state index contributed by atoms with van der Waals surface area (Å²) in [5.74, 6) is -0.442. The maximum absolute atomic E-state index is 13.8. The fourth-order valence-corrected chi connectivity index (χ4v) is 5.65. The van der Waals surface area contributed by atoms with Crippen LogP contribution in [0.3, 0.4) is 0 Å². The lowest BCUT2D eigenvalue weighted by atomic mass is 10.1. The highest BCUT2D eigenvalue weighted by Gasteiger charge is 2.33. The Morgan fingerprint density at radius 1 is 1.03 bits per heavy atom. The molecule has 0 aromatic heterocycles. The average Bonchev–Trinajstić information content (AvgIpc) is 2.91. The van der Waals surface area contributed by atoms with Gasteiger partial charge in [-0.2, -0.15) is 0 Å². The maximum Gasteiger partial charge on any atom is 0.264 e. The molecule has 0 unspecified atom stereocenters. The van der Waals surface area contributed by atoms with Gasteiger partial charge >= 0.3 is 0 Å². The van der Waals surface area contributed by atoms with Gasteiger partial charge in [0.25, 0.3) is 10.0 Å². The molecular formula is C27H29Cl2N3O5S. The Morgan fingerprint density at radius 2 is 1.71 bits per heavy atom. The minimum Gasteiger partial charge on any atom is -0.497 e. The number of nitrogens with zero attached hydrogens (tertiary/aromatic N) is 2. The number of sulfonamides is 1. The quantitative estimate of drug-likeness (QED) is 0.378. The van der Waals surface area contributed by atoms with E-state index in [1.807, 2.05) is 6.92 Å². The van der Waals surface area contributed by atoms with Crippen LogP contribution in [0.15, 0.2) is 71.6 Å². The molecule has 0 aliphatic heterocycles. The Kier molecular flexibility index (Phi) is 9.65. The van der Waals surface area contributed by atoms with E-state index in [-0.39, 0.29) is 27.2 Å². The van der Waals surface area contributed by atoms with E-state index in [4.69, 9.17) is 27.9 Å². The van der Waals surface area contributed by atoms with Crippen molar-refractivity contribution in [3.8, 4) is 5.75 Å². The van der Waals surface area contributed by atoms with Crippen molar-refractivity contribution in [1.82, 2.24) is 10.2 Å². The van der Waals surface area contributed by atoms with Crippen molar-refractivity contribution in [3.05, 3.63) is 87.9 Å². The summed E-state index contributed by atoms with van der Waals surface area (Å²) < 4.78 is 33.8. The number of amides is 2. The normalized spacial score (nSPS) is 11.9. The number of carbonyl (C=O) groups excluding carboxylic acids is 2. The molecule has 0 radical (unpaired) electrons. The highest BCUT2D eigenvalue weighted by atomic mass is 35.5. The van der Waals surface area contributed by atoms with Crippen LogP contribution in [0.4, 0.5) is 5.69 Å². The molecule has 0 spiro atoms. The smallest absolute Gasteiger partial charge is 0.264 e. The Labute approximate surface area is 233 Å². The number of halogens is 2. The van der Waals surface area contributed by atoms with Gasteiger partial charge in [0.15, 0.2) is 0 Å². The summed E-state index contributed by atoms with van der Waals surface area (Å²) in [5.41, 5.74) is 1.61. The van der Waals surface area contributed by atoms with Crippen LogP contribution in [0.2, 0.25) is 10.0 Å². The predicted octanol–water partition coefficient (Wildman–Crippen LogP) is 4.67. The van der Waals surface area contributed by atoms with E-state index in [0.29, 0.717) is 11.3 Å². The molecule has 11 heteroatoms. The third-order valence-corrected chi connectivity index (χ3v) is 8.29. The molecule has 0 fully saturated rings. The van der Waals surface area contributed by atoms with Crippen LogP contribution in [-0.4, -0.2) is 51.9 Å². The number of likely N-dealkylation sites (N-methyl/N-ethyl adjacent to an activating group) is 1. The van der Waals surface area contributed by atoms with Gasteiger partial charge in [-0.3, -0.25) is 13.9 Å². The average molecular weight is 579 g/mol. The second kappa shape index (κ2) is 12.5. The molecule has 0 heterocycles. The molecule has 2 amide bonds. The Hall–Kier alpha value is -3.27. The first kappa shape index (κ1) is 29.3. The number of hydrogen-bond acceptors (Lipinski definition) is 5. The fraction of sp³-hybridized carbons (Fsp3) is 0.259. The largest absolute Gasteiger partial charge is 0.497 e. The van der Waals surface area contributed by atoms with Gasteiger partial charge in [-0.05, 0) is 61.9 Å². The highest BCUT2D eigenvalue weighted by molar-refractivity contribution is 7.92.